The summed E-state index contributed by atoms with van der Waals surface area (Å²) in [5.74, 6) is 0. The van der Waals surface area contributed by atoms with E-state index in [-0.39, 0.29) is 6.04 Å². The maximum absolute atomic E-state index is 4.44. The third kappa shape index (κ3) is 2.01. The van der Waals surface area contributed by atoms with Crippen LogP contribution in [0.2, 0.25) is 0 Å². The number of pyridine rings is 1. The molecular formula is C15H17N5. The molecule has 0 aromatic carbocycles. The zero-order valence-corrected chi connectivity index (χ0v) is 11.9. The zero-order valence-electron chi connectivity index (χ0n) is 11.9. The molecule has 3 aromatic heterocycles. The molecule has 0 aliphatic heterocycles. The van der Waals surface area contributed by atoms with Crippen LogP contribution in [0.4, 0.5) is 0 Å². The summed E-state index contributed by atoms with van der Waals surface area (Å²) < 4.78 is 4.01. The second kappa shape index (κ2) is 4.92. The van der Waals surface area contributed by atoms with Crippen molar-refractivity contribution in [2.24, 2.45) is 7.05 Å². The fraction of sp³-hybridized carbons (Fsp3) is 0.267. The highest BCUT2D eigenvalue weighted by atomic mass is 15.4. The minimum atomic E-state index is 0.162. The van der Waals surface area contributed by atoms with Gasteiger partial charge in [-0.1, -0.05) is 11.3 Å². The summed E-state index contributed by atoms with van der Waals surface area (Å²) in [6.45, 7) is 4.12. The zero-order chi connectivity index (χ0) is 14.1. The van der Waals surface area contributed by atoms with Crippen molar-refractivity contribution in [1.29, 1.82) is 0 Å². The summed E-state index contributed by atoms with van der Waals surface area (Å²) >= 11 is 0. The molecule has 3 rings (SSSR count). The molecule has 0 bridgehead atoms. The Labute approximate surface area is 117 Å². The average Bonchev–Trinajstić information content (AvgIpc) is 3.06. The highest BCUT2D eigenvalue weighted by Gasteiger charge is 2.17. The van der Waals surface area contributed by atoms with Crippen LogP contribution >= 0.6 is 0 Å². The first-order chi connectivity index (χ1) is 9.68. The van der Waals surface area contributed by atoms with E-state index in [0.29, 0.717) is 0 Å². The van der Waals surface area contributed by atoms with E-state index in [2.05, 4.69) is 39.1 Å². The van der Waals surface area contributed by atoms with E-state index in [1.165, 1.54) is 0 Å². The van der Waals surface area contributed by atoms with Crippen LogP contribution in [0.1, 0.15) is 24.4 Å². The number of nitrogens with zero attached hydrogens (tertiary/aromatic N) is 5. The lowest BCUT2D eigenvalue weighted by Crippen LogP contribution is -2.10. The molecule has 0 amide bonds. The summed E-state index contributed by atoms with van der Waals surface area (Å²) in [5.41, 5.74) is 4.12. The van der Waals surface area contributed by atoms with Gasteiger partial charge in [-0.2, -0.15) is 0 Å². The Morgan fingerprint density at radius 1 is 1.15 bits per heavy atom. The second-order valence-corrected chi connectivity index (χ2v) is 4.88. The van der Waals surface area contributed by atoms with Gasteiger partial charge in [0.15, 0.2) is 0 Å². The highest BCUT2D eigenvalue weighted by Crippen LogP contribution is 2.27. The molecule has 1 unspecified atom stereocenters. The molecule has 5 heteroatoms. The van der Waals surface area contributed by atoms with Crippen molar-refractivity contribution >= 4 is 0 Å². The molecule has 5 nitrogen and oxygen atoms in total. The Morgan fingerprint density at radius 3 is 2.65 bits per heavy atom. The van der Waals surface area contributed by atoms with Crippen LogP contribution in [0.5, 0.6) is 0 Å². The lowest BCUT2D eigenvalue weighted by molar-refractivity contribution is 0.624. The topological polar surface area (TPSA) is 48.5 Å². The van der Waals surface area contributed by atoms with E-state index in [1.54, 1.807) is 0 Å². The Hall–Kier alpha value is -2.43. The normalized spacial score (nSPS) is 12.6. The van der Waals surface area contributed by atoms with Gasteiger partial charge in [-0.25, -0.2) is 4.68 Å². The maximum Gasteiger partial charge on any atom is 0.108 e. The van der Waals surface area contributed by atoms with E-state index in [0.717, 1.165) is 22.8 Å². The van der Waals surface area contributed by atoms with E-state index in [9.17, 15) is 0 Å². The molecule has 0 N–H and O–H groups in total. The van der Waals surface area contributed by atoms with Crippen LogP contribution in [0.3, 0.4) is 0 Å². The molecule has 3 heterocycles. The predicted molar refractivity (Wildman–Crippen MR) is 77.2 cm³/mol. The van der Waals surface area contributed by atoms with Gasteiger partial charge in [0, 0.05) is 19.4 Å². The van der Waals surface area contributed by atoms with Crippen molar-refractivity contribution in [2.45, 2.75) is 19.9 Å². The standard InChI is InChI=1S/C15H17N5/c1-11-15(19(3)18-17-11)14-8-6-10-20(14)12(2)13-7-4-5-9-16-13/h4-10,12H,1-3H3. The third-order valence-electron chi connectivity index (χ3n) is 3.55. The van der Waals surface area contributed by atoms with Gasteiger partial charge >= 0.3 is 0 Å². The summed E-state index contributed by atoms with van der Waals surface area (Å²) in [4.78, 5) is 4.44. The van der Waals surface area contributed by atoms with Crippen LogP contribution in [0.15, 0.2) is 42.7 Å². The van der Waals surface area contributed by atoms with E-state index >= 15 is 0 Å². The Kier molecular flexibility index (Phi) is 3.10. The predicted octanol–water partition coefficient (Wildman–Crippen LogP) is 2.60. The van der Waals surface area contributed by atoms with Crippen molar-refractivity contribution < 1.29 is 0 Å². The molecule has 0 saturated carbocycles. The molecule has 1 atom stereocenters. The number of aryl methyl sites for hydroxylation is 2. The Balaban J connectivity index is 2.07. The smallest absolute Gasteiger partial charge is 0.108 e. The SMILES string of the molecule is Cc1nnn(C)c1-c1cccn1C(C)c1ccccn1. The van der Waals surface area contributed by atoms with Crippen LogP contribution in [-0.4, -0.2) is 24.5 Å². The van der Waals surface area contributed by atoms with Crippen molar-refractivity contribution in [1.82, 2.24) is 24.5 Å². The first-order valence-electron chi connectivity index (χ1n) is 6.63. The first kappa shape index (κ1) is 12.6. The molecule has 3 aromatic rings. The van der Waals surface area contributed by atoms with Gasteiger partial charge in [-0.15, -0.1) is 5.10 Å². The van der Waals surface area contributed by atoms with Crippen LogP contribution < -0.4 is 0 Å². The van der Waals surface area contributed by atoms with Gasteiger partial charge in [-0.05, 0) is 38.1 Å². The van der Waals surface area contributed by atoms with Gasteiger partial charge in [-0.3, -0.25) is 4.98 Å². The second-order valence-electron chi connectivity index (χ2n) is 4.88. The van der Waals surface area contributed by atoms with Crippen LogP contribution in [0.25, 0.3) is 11.4 Å². The fourth-order valence-electron chi connectivity index (χ4n) is 2.51. The van der Waals surface area contributed by atoms with Crippen LogP contribution in [-0.2, 0) is 7.05 Å². The highest BCUT2D eigenvalue weighted by molar-refractivity contribution is 5.58. The molecule has 0 fully saturated rings. The van der Waals surface area contributed by atoms with Crippen molar-refractivity contribution in [3.05, 3.63) is 54.1 Å². The van der Waals surface area contributed by atoms with Gasteiger partial charge in [0.2, 0.25) is 0 Å². The quantitative estimate of drug-likeness (QED) is 0.733. The van der Waals surface area contributed by atoms with Crippen molar-refractivity contribution in [3.8, 4) is 11.4 Å². The lowest BCUT2D eigenvalue weighted by Gasteiger charge is -2.17. The number of hydrogen-bond acceptors (Lipinski definition) is 3. The lowest BCUT2D eigenvalue weighted by atomic mass is 10.2. The fourth-order valence-corrected chi connectivity index (χ4v) is 2.51. The number of aromatic nitrogens is 5. The third-order valence-corrected chi connectivity index (χ3v) is 3.55. The minimum absolute atomic E-state index is 0.162. The van der Waals surface area contributed by atoms with Gasteiger partial charge in [0.1, 0.15) is 5.69 Å². The summed E-state index contributed by atoms with van der Waals surface area (Å²) in [5, 5.41) is 8.21. The largest absolute Gasteiger partial charge is 0.337 e. The van der Waals surface area contributed by atoms with Gasteiger partial charge < -0.3 is 4.57 Å². The summed E-state index contributed by atoms with van der Waals surface area (Å²) in [6.07, 6.45) is 3.90. The molecule has 102 valence electrons. The molecule has 0 radical (unpaired) electrons. The van der Waals surface area contributed by atoms with Crippen molar-refractivity contribution in [3.63, 3.8) is 0 Å². The van der Waals surface area contributed by atoms with E-state index < -0.39 is 0 Å². The van der Waals surface area contributed by atoms with E-state index in [4.69, 9.17) is 0 Å². The van der Waals surface area contributed by atoms with Gasteiger partial charge in [0.25, 0.3) is 0 Å². The monoisotopic (exact) mass is 267 g/mol. The average molecular weight is 267 g/mol. The van der Waals surface area contributed by atoms with E-state index in [1.807, 2.05) is 49.1 Å². The molecule has 0 spiro atoms. The minimum Gasteiger partial charge on any atom is -0.337 e. The summed E-state index contributed by atoms with van der Waals surface area (Å²) in [7, 11) is 1.91. The number of rotatable bonds is 3. The first-order valence-corrected chi connectivity index (χ1v) is 6.63. The number of hydrogen-bond donors (Lipinski definition) is 0. The molecule has 0 aliphatic rings. The van der Waals surface area contributed by atoms with Crippen LogP contribution in [0, 0.1) is 6.92 Å². The molecule has 0 saturated heterocycles. The molecular weight excluding hydrogens is 250 g/mol. The Bertz CT molecular complexity index is 691. The molecule has 0 aliphatic carbocycles. The summed E-state index contributed by atoms with van der Waals surface area (Å²) in [6, 6.07) is 10.3. The van der Waals surface area contributed by atoms with Gasteiger partial charge in [0.05, 0.1) is 23.1 Å². The Morgan fingerprint density at radius 2 is 2.00 bits per heavy atom. The molecule has 20 heavy (non-hydrogen) atoms. The maximum atomic E-state index is 4.44. The van der Waals surface area contributed by atoms with Crippen molar-refractivity contribution in [2.75, 3.05) is 0 Å².